The summed E-state index contributed by atoms with van der Waals surface area (Å²) in [5.74, 6) is -0.436. The third-order valence-electron chi connectivity index (χ3n) is 6.31. The number of fused-ring (bicyclic) bond motifs is 1. The maximum atomic E-state index is 13.5. The third-order valence-corrected chi connectivity index (χ3v) is 7.32. The molecule has 0 spiro atoms. The van der Waals surface area contributed by atoms with Crippen molar-refractivity contribution in [1.29, 1.82) is 0 Å². The maximum absolute atomic E-state index is 13.5. The quantitative estimate of drug-likeness (QED) is 0.210. The zero-order valence-corrected chi connectivity index (χ0v) is 21.6. The largest absolute Gasteiger partial charge is 0.507 e. The van der Waals surface area contributed by atoms with Crippen LogP contribution in [-0.4, -0.2) is 40.5 Å². The highest BCUT2D eigenvalue weighted by atomic mass is 32.1. The Kier molecular flexibility index (Phi) is 6.39. The van der Waals surface area contributed by atoms with Gasteiger partial charge in [-0.05, 0) is 73.9 Å². The second kappa shape index (κ2) is 9.67. The molecule has 2 aromatic carbocycles. The molecule has 3 heterocycles. The van der Waals surface area contributed by atoms with Crippen LogP contribution in [0.2, 0.25) is 0 Å². The molecule has 1 aliphatic heterocycles. The smallest absolute Gasteiger partial charge is 0.301 e. The molecule has 2 aromatic heterocycles. The van der Waals surface area contributed by atoms with Crippen molar-refractivity contribution in [2.45, 2.75) is 26.8 Å². The first-order chi connectivity index (χ1) is 17.8. The number of carbonyl (C=O) groups excluding carboxylic acids is 2. The zero-order valence-electron chi connectivity index (χ0n) is 20.8. The molecule has 5 rings (SSSR count). The van der Waals surface area contributed by atoms with Gasteiger partial charge in [-0.15, -0.1) is 0 Å². The van der Waals surface area contributed by atoms with Crippen LogP contribution in [0.3, 0.4) is 0 Å². The molecule has 1 N–H and O–H groups in total. The Bertz CT molecular complexity index is 1560. The van der Waals surface area contributed by atoms with Gasteiger partial charge in [-0.25, -0.2) is 4.98 Å². The molecule has 9 heteroatoms. The molecule has 1 unspecified atom stereocenters. The summed E-state index contributed by atoms with van der Waals surface area (Å²) in [7, 11) is 1.57. The van der Waals surface area contributed by atoms with Crippen LogP contribution in [0.4, 0.5) is 5.13 Å². The molecule has 4 aromatic rings. The zero-order chi connectivity index (χ0) is 26.3. The number of hydrogen-bond acceptors (Lipinski definition) is 8. The summed E-state index contributed by atoms with van der Waals surface area (Å²) in [6.45, 7) is 6.10. The molecule has 1 fully saturated rings. The highest BCUT2D eigenvalue weighted by Crippen LogP contribution is 2.45. The van der Waals surface area contributed by atoms with Gasteiger partial charge in [0.25, 0.3) is 5.78 Å². The first-order valence-corrected chi connectivity index (χ1v) is 12.6. The summed E-state index contributed by atoms with van der Waals surface area (Å²) in [6.07, 6.45) is 3.20. The van der Waals surface area contributed by atoms with Gasteiger partial charge in [0.05, 0.1) is 35.5 Å². The fourth-order valence-electron chi connectivity index (χ4n) is 4.55. The van der Waals surface area contributed by atoms with Crippen LogP contribution in [-0.2, 0) is 9.59 Å². The number of thiazole rings is 1. The number of hydrogen-bond donors (Lipinski definition) is 1. The van der Waals surface area contributed by atoms with E-state index in [0.717, 1.165) is 10.3 Å². The van der Waals surface area contributed by atoms with Crippen molar-refractivity contribution >= 4 is 44.1 Å². The second-order valence-electron chi connectivity index (χ2n) is 8.65. The first kappa shape index (κ1) is 24.5. The number of amides is 1. The number of aliphatic hydroxyl groups is 1. The number of methoxy groups -OCH3 is 1. The molecule has 0 saturated carbocycles. The van der Waals surface area contributed by atoms with E-state index in [4.69, 9.17) is 9.47 Å². The van der Waals surface area contributed by atoms with E-state index in [0.29, 0.717) is 45.4 Å². The van der Waals surface area contributed by atoms with Crippen LogP contribution in [0.25, 0.3) is 16.0 Å². The van der Waals surface area contributed by atoms with Crippen molar-refractivity contribution in [2.75, 3.05) is 18.6 Å². The third kappa shape index (κ3) is 4.21. The summed E-state index contributed by atoms with van der Waals surface area (Å²) >= 11 is 1.28. The predicted molar refractivity (Wildman–Crippen MR) is 142 cm³/mol. The highest BCUT2D eigenvalue weighted by molar-refractivity contribution is 7.22. The number of pyridine rings is 1. The summed E-state index contributed by atoms with van der Waals surface area (Å²) in [4.78, 5) is 37.1. The fourth-order valence-corrected chi connectivity index (χ4v) is 5.57. The highest BCUT2D eigenvalue weighted by Gasteiger charge is 2.48. The number of rotatable bonds is 6. The van der Waals surface area contributed by atoms with Crippen LogP contribution in [0, 0.1) is 13.8 Å². The van der Waals surface area contributed by atoms with E-state index in [9.17, 15) is 14.7 Å². The lowest BCUT2D eigenvalue weighted by atomic mass is 9.94. The molecular formula is C28H25N3O5S. The van der Waals surface area contributed by atoms with Crippen molar-refractivity contribution in [3.05, 3.63) is 82.7 Å². The van der Waals surface area contributed by atoms with Gasteiger partial charge in [0.2, 0.25) is 0 Å². The predicted octanol–water partition coefficient (Wildman–Crippen LogP) is 5.34. The summed E-state index contributed by atoms with van der Waals surface area (Å²) in [6, 6.07) is 11.6. The Hall–Kier alpha value is -4.24. The van der Waals surface area contributed by atoms with E-state index in [1.54, 1.807) is 43.8 Å². The summed E-state index contributed by atoms with van der Waals surface area (Å²) in [5.41, 5.74) is 3.20. The molecule has 1 atom stereocenters. The van der Waals surface area contributed by atoms with Gasteiger partial charge in [0.1, 0.15) is 17.3 Å². The van der Waals surface area contributed by atoms with Crippen molar-refractivity contribution in [3.8, 4) is 11.5 Å². The van der Waals surface area contributed by atoms with Crippen molar-refractivity contribution < 1.29 is 24.2 Å². The van der Waals surface area contributed by atoms with Crippen LogP contribution >= 0.6 is 11.3 Å². The lowest BCUT2D eigenvalue weighted by Gasteiger charge is -2.23. The minimum Gasteiger partial charge on any atom is -0.507 e. The summed E-state index contributed by atoms with van der Waals surface area (Å²) in [5, 5.41) is 11.8. The molecule has 1 aliphatic rings. The van der Waals surface area contributed by atoms with Gasteiger partial charge in [-0.1, -0.05) is 17.4 Å². The Morgan fingerprint density at radius 3 is 2.65 bits per heavy atom. The van der Waals surface area contributed by atoms with Crippen molar-refractivity contribution in [2.24, 2.45) is 0 Å². The van der Waals surface area contributed by atoms with Gasteiger partial charge < -0.3 is 14.6 Å². The fraction of sp³-hybridized carbons (Fsp3) is 0.214. The van der Waals surface area contributed by atoms with E-state index in [1.165, 1.54) is 16.2 Å². The van der Waals surface area contributed by atoms with Crippen LogP contribution in [0.15, 0.2) is 60.4 Å². The SMILES string of the molecule is CCOc1ccc2nc(N3C(=O)C(=O)/C(=C(/O)c4cc(C)c(OC)cc4C)C3c3cccnc3)sc2c1. The number of nitrogens with zero attached hydrogens (tertiary/aromatic N) is 3. The molecule has 0 radical (unpaired) electrons. The number of aliphatic hydroxyl groups excluding tert-OH is 1. The minimum absolute atomic E-state index is 0.0140. The number of carbonyl (C=O) groups is 2. The van der Waals surface area contributed by atoms with E-state index in [1.807, 2.05) is 39.0 Å². The van der Waals surface area contributed by atoms with Gasteiger partial charge in [-0.3, -0.25) is 19.5 Å². The normalized spacial score (nSPS) is 17.0. The molecule has 8 nitrogen and oxygen atoms in total. The van der Waals surface area contributed by atoms with Crippen LogP contribution in [0.1, 0.15) is 35.2 Å². The molecule has 1 saturated heterocycles. The Morgan fingerprint density at radius 2 is 1.95 bits per heavy atom. The van der Waals surface area contributed by atoms with E-state index in [-0.39, 0.29) is 11.3 Å². The monoisotopic (exact) mass is 515 g/mol. The molecular weight excluding hydrogens is 490 g/mol. The minimum atomic E-state index is -0.901. The van der Waals surface area contributed by atoms with Gasteiger partial charge in [0.15, 0.2) is 5.13 Å². The van der Waals surface area contributed by atoms with Gasteiger partial charge in [-0.2, -0.15) is 0 Å². The number of Topliss-reactive ketones (excluding diaryl/α,β-unsaturated/α-hetero) is 1. The molecule has 0 bridgehead atoms. The van der Waals surface area contributed by atoms with Crippen molar-refractivity contribution in [1.82, 2.24) is 9.97 Å². The maximum Gasteiger partial charge on any atom is 0.301 e. The van der Waals surface area contributed by atoms with E-state index in [2.05, 4.69) is 9.97 Å². The molecule has 1 amide bonds. The Labute approximate surface area is 217 Å². The average molecular weight is 516 g/mol. The number of ketones is 1. The Morgan fingerprint density at radius 1 is 1.14 bits per heavy atom. The number of aryl methyl sites for hydroxylation is 2. The standard InChI is InChI=1S/C28H25N3O5S/c1-5-36-18-8-9-20-22(13-18)37-28(30-20)31-24(17-7-6-10-29-14-17)23(26(33)27(31)34)25(32)19-11-16(3)21(35-4)12-15(19)2/h6-14,24,32H,5H2,1-4H3/b25-23+. The first-order valence-electron chi connectivity index (χ1n) is 11.7. The number of benzene rings is 2. The lowest BCUT2D eigenvalue weighted by Crippen LogP contribution is -2.29. The topological polar surface area (TPSA) is 102 Å². The van der Waals surface area contributed by atoms with E-state index >= 15 is 0 Å². The Balaban J connectivity index is 1.70. The molecule has 0 aliphatic carbocycles. The molecule has 188 valence electrons. The second-order valence-corrected chi connectivity index (χ2v) is 9.66. The molecule has 37 heavy (non-hydrogen) atoms. The van der Waals surface area contributed by atoms with Gasteiger partial charge >= 0.3 is 5.91 Å². The van der Waals surface area contributed by atoms with E-state index < -0.39 is 17.7 Å². The van der Waals surface area contributed by atoms with Gasteiger partial charge in [0, 0.05) is 18.0 Å². The number of ether oxygens (including phenoxy) is 2. The summed E-state index contributed by atoms with van der Waals surface area (Å²) < 4.78 is 11.8. The van der Waals surface area contributed by atoms with Crippen LogP contribution < -0.4 is 14.4 Å². The average Bonchev–Trinajstić information content (AvgIpc) is 3.43. The number of anilines is 1. The lowest BCUT2D eigenvalue weighted by molar-refractivity contribution is -0.132. The van der Waals surface area contributed by atoms with Crippen LogP contribution in [0.5, 0.6) is 11.5 Å². The number of aromatic nitrogens is 2. The van der Waals surface area contributed by atoms with Crippen molar-refractivity contribution in [3.63, 3.8) is 0 Å².